The van der Waals surface area contributed by atoms with Gasteiger partial charge in [-0.25, -0.2) is 4.98 Å². The second kappa shape index (κ2) is 3.89. The number of aryl methyl sites for hydroxylation is 1. The van der Waals surface area contributed by atoms with E-state index in [1.54, 1.807) is 22.7 Å². The molecule has 0 saturated heterocycles. The van der Waals surface area contributed by atoms with E-state index in [9.17, 15) is 0 Å². The summed E-state index contributed by atoms with van der Waals surface area (Å²) in [7, 11) is 0. The fourth-order valence-corrected chi connectivity index (χ4v) is 2.36. The van der Waals surface area contributed by atoms with Crippen LogP contribution < -0.4 is 5.32 Å². The minimum absolute atomic E-state index is 0.871. The zero-order chi connectivity index (χ0) is 9.10. The molecule has 0 aromatic carbocycles. The van der Waals surface area contributed by atoms with Gasteiger partial charge in [-0.05, 0) is 29.3 Å². The summed E-state index contributed by atoms with van der Waals surface area (Å²) in [6, 6.07) is 2.12. The highest BCUT2D eigenvalue weighted by molar-refractivity contribution is 7.13. The largest absolute Gasteiger partial charge is 0.357 e. The van der Waals surface area contributed by atoms with Gasteiger partial charge in [0, 0.05) is 11.9 Å². The predicted molar refractivity (Wildman–Crippen MR) is 58.5 cm³/mol. The molecule has 0 aliphatic carbocycles. The summed E-state index contributed by atoms with van der Waals surface area (Å²) in [5.74, 6) is 0. The van der Waals surface area contributed by atoms with Gasteiger partial charge in [0.25, 0.3) is 0 Å². The smallest absolute Gasteiger partial charge is 0.183 e. The lowest BCUT2D eigenvalue weighted by Gasteiger charge is -1.98. The molecule has 0 fully saturated rings. The van der Waals surface area contributed by atoms with Crippen molar-refractivity contribution in [3.63, 3.8) is 0 Å². The molecule has 0 atom stereocenters. The first kappa shape index (κ1) is 8.72. The van der Waals surface area contributed by atoms with Crippen LogP contribution in [0.5, 0.6) is 0 Å². The molecule has 2 aromatic heterocycles. The molecule has 13 heavy (non-hydrogen) atoms. The highest BCUT2D eigenvalue weighted by Gasteiger charge is 1.97. The maximum Gasteiger partial charge on any atom is 0.183 e. The molecule has 0 aliphatic rings. The number of anilines is 1. The first-order valence-corrected chi connectivity index (χ1v) is 5.84. The van der Waals surface area contributed by atoms with Gasteiger partial charge >= 0.3 is 0 Å². The number of nitrogens with one attached hydrogen (secondary N) is 1. The number of nitrogens with zero attached hydrogens (tertiary/aromatic N) is 1. The Morgan fingerprint density at radius 2 is 2.38 bits per heavy atom. The summed E-state index contributed by atoms with van der Waals surface area (Å²) < 4.78 is 0. The van der Waals surface area contributed by atoms with E-state index in [1.807, 2.05) is 6.92 Å². The standard InChI is InChI=1S/C9H10N2S2/c1-7-5-13-9(11-7)10-4-8-2-3-12-6-8/h2-3,5-6H,4H2,1H3,(H,10,11). The van der Waals surface area contributed by atoms with Gasteiger partial charge in [-0.3, -0.25) is 0 Å². The molecule has 0 radical (unpaired) electrons. The minimum Gasteiger partial charge on any atom is -0.357 e. The Balaban J connectivity index is 1.93. The Kier molecular flexibility index (Phi) is 2.61. The van der Waals surface area contributed by atoms with E-state index in [2.05, 4.69) is 32.5 Å². The molecule has 0 aliphatic heterocycles. The summed E-state index contributed by atoms with van der Waals surface area (Å²) in [4.78, 5) is 4.32. The van der Waals surface area contributed by atoms with Crippen LogP contribution in [0.4, 0.5) is 5.13 Å². The maximum absolute atomic E-state index is 4.32. The lowest BCUT2D eigenvalue weighted by Crippen LogP contribution is -1.96. The van der Waals surface area contributed by atoms with E-state index >= 15 is 0 Å². The summed E-state index contributed by atoms with van der Waals surface area (Å²) >= 11 is 3.38. The Morgan fingerprint density at radius 3 is 3.00 bits per heavy atom. The van der Waals surface area contributed by atoms with Crippen LogP contribution in [0.1, 0.15) is 11.3 Å². The van der Waals surface area contributed by atoms with Gasteiger partial charge in [-0.15, -0.1) is 11.3 Å². The monoisotopic (exact) mass is 210 g/mol. The second-order valence-electron chi connectivity index (χ2n) is 2.78. The molecule has 2 heterocycles. The normalized spacial score (nSPS) is 10.2. The highest BCUT2D eigenvalue weighted by Crippen LogP contribution is 2.16. The molecule has 0 spiro atoms. The van der Waals surface area contributed by atoms with Crippen molar-refractivity contribution in [2.45, 2.75) is 13.5 Å². The zero-order valence-corrected chi connectivity index (χ0v) is 8.91. The van der Waals surface area contributed by atoms with Gasteiger partial charge in [0.05, 0.1) is 5.69 Å². The Labute approximate surface area is 85.3 Å². The van der Waals surface area contributed by atoms with Crippen LogP contribution in [0.3, 0.4) is 0 Å². The quantitative estimate of drug-likeness (QED) is 0.842. The van der Waals surface area contributed by atoms with Crippen molar-refractivity contribution >= 4 is 27.8 Å². The number of aromatic nitrogens is 1. The van der Waals surface area contributed by atoms with Gasteiger partial charge in [-0.2, -0.15) is 11.3 Å². The maximum atomic E-state index is 4.32. The van der Waals surface area contributed by atoms with Crippen molar-refractivity contribution in [3.8, 4) is 0 Å². The van der Waals surface area contributed by atoms with E-state index in [-0.39, 0.29) is 0 Å². The number of hydrogen-bond donors (Lipinski definition) is 1. The number of rotatable bonds is 3. The lowest BCUT2D eigenvalue weighted by atomic mass is 10.3. The van der Waals surface area contributed by atoms with Crippen molar-refractivity contribution in [3.05, 3.63) is 33.5 Å². The van der Waals surface area contributed by atoms with Crippen molar-refractivity contribution in [2.75, 3.05) is 5.32 Å². The first-order chi connectivity index (χ1) is 6.34. The second-order valence-corrected chi connectivity index (χ2v) is 4.42. The van der Waals surface area contributed by atoms with Crippen LogP contribution in [0.25, 0.3) is 0 Å². The van der Waals surface area contributed by atoms with Gasteiger partial charge in [-0.1, -0.05) is 0 Å². The summed E-state index contributed by atoms with van der Waals surface area (Å²) in [5, 5.41) is 10.6. The fraction of sp³-hybridized carbons (Fsp3) is 0.222. The van der Waals surface area contributed by atoms with Crippen molar-refractivity contribution in [1.29, 1.82) is 0 Å². The molecule has 0 bridgehead atoms. The molecule has 68 valence electrons. The molecular formula is C9H10N2S2. The van der Waals surface area contributed by atoms with Gasteiger partial charge in [0.1, 0.15) is 0 Å². The number of thiazole rings is 1. The van der Waals surface area contributed by atoms with E-state index in [0.717, 1.165) is 17.4 Å². The van der Waals surface area contributed by atoms with Crippen molar-refractivity contribution in [2.24, 2.45) is 0 Å². The van der Waals surface area contributed by atoms with E-state index in [1.165, 1.54) is 5.56 Å². The molecular weight excluding hydrogens is 200 g/mol. The zero-order valence-electron chi connectivity index (χ0n) is 7.28. The van der Waals surface area contributed by atoms with E-state index in [0.29, 0.717) is 0 Å². The fourth-order valence-electron chi connectivity index (χ4n) is 1.01. The van der Waals surface area contributed by atoms with Crippen LogP contribution in [-0.2, 0) is 6.54 Å². The molecule has 1 N–H and O–H groups in total. The molecule has 2 aromatic rings. The topological polar surface area (TPSA) is 24.9 Å². The highest BCUT2D eigenvalue weighted by atomic mass is 32.1. The van der Waals surface area contributed by atoms with Crippen LogP contribution in [-0.4, -0.2) is 4.98 Å². The minimum atomic E-state index is 0.871. The molecule has 0 unspecified atom stereocenters. The first-order valence-electron chi connectivity index (χ1n) is 4.01. The SMILES string of the molecule is Cc1csc(NCc2ccsc2)n1. The van der Waals surface area contributed by atoms with Crippen LogP contribution in [0.2, 0.25) is 0 Å². The number of thiophene rings is 1. The predicted octanol–water partition coefficient (Wildman–Crippen LogP) is 3.13. The summed E-state index contributed by atoms with van der Waals surface area (Å²) in [6.45, 7) is 2.88. The Hall–Kier alpha value is -0.870. The molecule has 0 amide bonds. The van der Waals surface area contributed by atoms with Crippen molar-refractivity contribution < 1.29 is 0 Å². The van der Waals surface area contributed by atoms with Gasteiger partial charge in [0.15, 0.2) is 5.13 Å². The van der Waals surface area contributed by atoms with Crippen LogP contribution >= 0.6 is 22.7 Å². The third kappa shape index (κ3) is 2.29. The van der Waals surface area contributed by atoms with Gasteiger partial charge in [0.2, 0.25) is 0 Å². The molecule has 2 rings (SSSR count). The molecule has 2 nitrogen and oxygen atoms in total. The van der Waals surface area contributed by atoms with E-state index < -0.39 is 0 Å². The van der Waals surface area contributed by atoms with E-state index in [4.69, 9.17) is 0 Å². The summed E-state index contributed by atoms with van der Waals surface area (Å²) in [5.41, 5.74) is 2.40. The third-order valence-corrected chi connectivity index (χ3v) is 3.29. The summed E-state index contributed by atoms with van der Waals surface area (Å²) in [6.07, 6.45) is 0. The average Bonchev–Trinajstić information content (AvgIpc) is 2.71. The average molecular weight is 210 g/mol. The third-order valence-electron chi connectivity index (χ3n) is 1.64. The molecule has 4 heteroatoms. The van der Waals surface area contributed by atoms with Gasteiger partial charge < -0.3 is 5.32 Å². The lowest BCUT2D eigenvalue weighted by molar-refractivity contribution is 1.13. The van der Waals surface area contributed by atoms with Crippen LogP contribution in [0.15, 0.2) is 22.2 Å². The molecule has 0 saturated carbocycles. The Morgan fingerprint density at radius 1 is 1.46 bits per heavy atom. The Bertz CT molecular complexity index is 365. The number of hydrogen-bond acceptors (Lipinski definition) is 4. The van der Waals surface area contributed by atoms with Crippen LogP contribution in [0, 0.1) is 6.92 Å². The van der Waals surface area contributed by atoms with Crippen molar-refractivity contribution in [1.82, 2.24) is 4.98 Å².